The van der Waals surface area contributed by atoms with Crippen molar-refractivity contribution in [3.05, 3.63) is 47.7 Å². The van der Waals surface area contributed by atoms with Crippen LogP contribution in [0.3, 0.4) is 0 Å². The van der Waals surface area contributed by atoms with Gasteiger partial charge in [0.15, 0.2) is 16.7 Å². The van der Waals surface area contributed by atoms with E-state index in [1.54, 1.807) is 18.0 Å². The second-order valence-corrected chi connectivity index (χ2v) is 5.94. The molecule has 0 radical (unpaired) electrons. The van der Waals surface area contributed by atoms with Crippen LogP contribution in [0.2, 0.25) is 5.02 Å². The van der Waals surface area contributed by atoms with Crippen molar-refractivity contribution in [3.8, 4) is 17.3 Å². The smallest absolute Gasteiger partial charge is 0.200 e. The largest absolute Gasteiger partial charge is 0.491 e. The van der Waals surface area contributed by atoms with Gasteiger partial charge in [-0.1, -0.05) is 35.5 Å². The second kappa shape index (κ2) is 6.89. The van der Waals surface area contributed by atoms with Crippen molar-refractivity contribution in [1.82, 2.24) is 14.8 Å². The number of benzene rings is 1. The van der Waals surface area contributed by atoms with Gasteiger partial charge in [-0.2, -0.15) is 0 Å². The van der Waals surface area contributed by atoms with Crippen LogP contribution in [0, 0.1) is 0 Å². The normalized spacial score (nSPS) is 10.8. The van der Waals surface area contributed by atoms with Crippen LogP contribution in [0.5, 0.6) is 5.75 Å². The zero-order valence-electron chi connectivity index (χ0n) is 11.9. The van der Waals surface area contributed by atoms with Crippen LogP contribution < -0.4 is 4.74 Å². The highest BCUT2D eigenvalue weighted by atomic mass is 35.5. The number of thioether (sulfide) groups is 1. The Bertz CT molecular complexity index is 743. The highest BCUT2D eigenvalue weighted by Crippen LogP contribution is 2.25. The molecule has 0 amide bonds. The molecule has 0 atom stereocenters. The monoisotopic (exact) mass is 335 g/mol. The molecule has 114 valence electrons. The fraction of sp³-hybridized carbons (Fsp3) is 0.200. The molecule has 0 saturated carbocycles. The first-order valence-electron chi connectivity index (χ1n) is 6.69. The number of ether oxygens (including phenoxy) is 1. The zero-order valence-corrected chi connectivity index (χ0v) is 13.5. The molecule has 7 heteroatoms. The minimum Gasteiger partial charge on any atom is -0.491 e. The first kappa shape index (κ1) is 15.0. The van der Waals surface area contributed by atoms with Gasteiger partial charge in [0, 0.05) is 12.8 Å². The van der Waals surface area contributed by atoms with Crippen molar-refractivity contribution in [2.45, 2.75) is 5.16 Å². The van der Waals surface area contributed by atoms with Gasteiger partial charge in [0.25, 0.3) is 0 Å². The average molecular weight is 336 g/mol. The maximum Gasteiger partial charge on any atom is 0.200 e. The predicted octanol–water partition coefficient (Wildman–Crippen LogP) is 3.90. The Morgan fingerprint density at radius 2 is 2.09 bits per heavy atom. The average Bonchev–Trinajstić information content (AvgIpc) is 3.15. The summed E-state index contributed by atoms with van der Waals surface area (Å²) in [5.41, 5.74) is 0. The molecule has 3 rings (SSSR count). The summed E-state index contributed by atoms with van der Waals surface area (Å²) in [4.78, 5) is 0. The third-order valence-corrected chi connectivity index (χ3v) is 4.28. The molecular formula is C15H14ClN3O2S. The van der Waals surface area contributed by atoms with Gasteiger partial charge in [0.05, 0.1) is 17.9 Å². The molecule has 0 N–H and O–H groups in total. The Balaban J connectivity index is 1.55. The molecule has 1 aromatic carbocycles. The van der Waals surface area contributed by atoms with Crippen molar-refractivity contribution in [2.75, 3.05) is 12.4 Å². The summed E-state index contributed by atoms with van der Waals surface area (Å²) in [7, 11) is 1.91. The van der Waals surface area contributed by atoms with Crippen molar-refractivity contribution >= 4 is 23.4 Å². The van der Waals surface area contributed by atoms with Crippen molar-refractivity contribution < 1.29 is 9.15 Å². The molecule has 3 aromatic rings. The predicted molar refractivity (Wildman–Crippen MR) is 86.4 cm³/mol. The minimum absolute atomic E-state index is 0.539. The van der Waals surface area contributed by atoms with E-state index in [4.69, 9.17) is 20.8 Å². The van der Waals surface area contributed by atoms with Crippen molar-refractivity contribution in [3.63, 3.8) is 0 Å². The Morgan fingerprint density at radius 3 is 2.86 bits per heavy atom. The minimum atomic E-state index is 0.539. The van der Waals surface area contributed by atoms with Gasteiger partial charge < -0.3 is 13.7 Å². The van der Waals surface area contributed by atoms with Gasteiger partial charge >= 0.3 is 0 Å². The van der Waals surface area contributed by atoms with Crippen molar-refractivity contribution in [2.24, 2.45) is 7.05 Å². The van der Waals surface area contributed by atoms with Gasteiger partial charge in [-0.05, 0) is 24.3 Å². The van der Waals surface area contributed by atoms with Gasteiger partial charge in [0.2, 0.25) is 0 Å². The molecule has 0 aliphatic carbocycles. The topological polar surface area (TPSA) is 53.1 Å². The lowest BCUT2D eigenvalue weighted by atomic mass is 10.3. The Morgan fingerprint density at radius 1 is 1.23 bits per heavy atom. The number of rotatable bonds is 6. The fourth-order valence-corrected chi connectivity index (χ4v) is 2.83. The van der Waals surface area contributed by atoms with Crippen LogP contribution in [0.15, 0.2) is 52.2 Å². The number of halogens is 1. The lowest BCUT2D eigenvalue weighted by Crippen LogP contribution is -2.02. The summed E-state index contributed by atoms with van der Waals surface area (Å²) in [5, 5.41) is 9.74. The van der Waals surface area contributed by atoms with E-state index >= 15 is 0 Å². The number of hydrogen-bond donors (Lipinski definition) is 0. The molecule has 0 spiro atoms. The summed E-state index contributed by atoms with van der Waals surface area (Å²) in [6, 6.07) is 11.1. The quantitative estimate of drug-likeness (QED) is 0.505. The summed E-state index contributed by atoms with van der Waals surface area (Å²) in [6.45, 7) is 0.539. The van der Waals surface area contributed by atoms with Crippen LogP contribution in [0.25, 0.3) is 11.6 Å². The molecule has 2 aromatic heterocycles. The van der Waals surface area contributed by atoms with E-state index in [0.717, 1.165) is 10.9 Å². The molecule has 0 saturated heterocycles. The van der Waals surface area contributed by atoms with E-state index in [0.29, 0.717) is 29.0 Å². The Labute approximate surface area is 137 Å². The highest BCUT2D eigenvalue weighted by Gasteiger charge is 2.13. The molecule has 2 heterocycles. The lowest BCUT2D eigenvalue weighted by molar-refractivity contribution is 0.344. The van der Waals surface area contributed by atoms with Crippen LogP contribution in [0.1, 0.15) is 0 Å². The van der Waals surface area contributed by atoms with Gasteiger partial charge in [0.1, 0.15) is 5.75 Å². The summed E-state index contributed by atoms with van der Waals surface area (Å²) in [5.74, 6) is 2.85. The van der Waals surface area contributed by atoms with E-state index in [-0.39, 0.29) is 0 Å². The second-order valence-electron chi connectivity index (χ2n) is 4.47. The first-order chi connectivity index (χ1) is 10.8. The summed E-state index contributed by atoms with van der Waals surface area (Å²) in [6.07, 6.45) is 1.62. The number of nitrogens with zero attached hydrogens (tertiary/aromatic N) is 3. The maximum absolute atomic E-state index is 6.04. The van der Waals surface area contributed by atoms with Crippen LogP contribution in [0.4, 0.5) is 0 Å². The Hall–Kier alpha value is -1.92. The van der Waals surface area contributed by atoms with Gasteiger partial charge in [-0.15, -0.1) is 10.2 Å². The Kier molecular flexibility index (Phi) is 4.70. The summed E-state index contributed by atoms with van der Waals surface area (Å²) < 4.78 is 12.9. The van der Waals surface area contributed by atoms with E-state index in [1.807, 2.05) is 48.0 Å². The van der Waals surface area contributed by atoms with Crippen molar-refractivity contribution in [1.29, 1.82) is 0 Å². The molecule has 0 bridgehead atoms. The number of furan rings is 1. The summed E-state index contributed by atoms with van der Waals surface area (Å²) >= 11 is 7.61. The van der Waals surface area contributed by atoms with Crippen LogP contribution in [-0.4, -0.2) is 27.1 Å². The lowest BCUT2D eigenvalue weighted by Gasteiger charge is -2.07. The first-order valence-corrected chi connectivity index (χ1v) is 8.05. The SMILES string of the molecule is Cn1c(SCCOc2ccccc2Cl)nnc1-c1ccco1. The molecule has 0 aliphatic rings. The van der Waals surface area contributed by atoms with E-state index in [9.17, 15) is 0 Å². The molecule has 0 unspecified atom stereocenters. The molecule has 22 heavy (non-hydrogen) atoms. The maximum atomic E-state index is 6.04. The van der Waals surface area contributed by atoms with Crippen LogP contribution in [-0.2, 0) is 7.05 Å². The number of para-hydroxylation sites is 1. The standard InChI is InChI=1S/C15H14ClN3O2S/c1-19-14(13-7-4-8-20-13)17-18-15(19)22-10-9-21-12-6-3-2-5-11(12)16/h2-8H,9-10H2,1H3. The molecule has 5 nitrogen and oxygen atoms in total. The molecular weight excluding hydrogens is 322 g/mol. The fourth-order valence-electron chi connectivity index (χ4n) is 1.91. The van der Waals surface area contributed by atoms with E-state index in [2.05, 4.69) is 10.2 Å². The van der Waals surface area contributed by atoms with Gasteiger partial charge in [-0.25, -0.2) is 0 Å². The number of hydrogen-bond acceptors (Lipinski definition) is 5. The van der Waals surface area contributed by atoms with Gasteiger partial charge in [-0.3, -0.25) is 0 Å². The van der Waals surface area contributed by atoms with Crippen LogP contribution >= 0.6 is 23.4 Å². The molecule has 0 aliphatic heterocycles. The molecule has 0 fully saturated rings. The zero-order chi connectivity index (χ0) is 15.4. The number of aromatic nitrogens is 3. The highest BCUT2D eigenvalue weighted by molar-refractivity contribution is 7.99. The third kappa shape index (κ3) is 3.28. The van der Waals surface area contributed by atoms with E-state index < -0.39 is 0 Å². The third-order valence-electron chi connectivity index (χ3n) is 2.99. The van der Waals surface area contributed by atoms with E-state index in [1.165, 1.54) is 0 Å².